The fourth-order valence-electron chi connectivity index (χ4n) is 2.42. The Balaban J connectivity index is 0.00000242. The van der Waals surface area contributed by atoms with Gasteiger partial charge in [0.2, 0.25) is 10.0 Å². The van der Waals surface area contributed by atoms with E-state index in [2.05, 4.69) is 10.0 Å². The van der Waals surface area contributed by atoms with E-state index in [0.29, 0.717) is 11.4 Å². The number of hydrogen-bond acceptors (Lipinski definition) is 4. The van der Waals surface area contributed by atoms with Gasteiger partial charge in [0.1, 0.15) is 5.75 Å². The Morgan fingerprint density at radius 3 is 2.64 bits per heavy atom. The lowest BCUT2D eigenvalue weighted by atomic mass is 10.1. The van der Waals surface area contributed by atoms with E-state index in [1.807, 2.05) is 20.8 Å². The topological polar surface area (TPSA) is 67.4 Å². The molecule has 0 spiro atoms. The molecule has 1 fully saturated rings. The maximum absolute atomic E-state index is 12.4. The number of benzene rings is 1. The molecule has 0 saturated carbocycles. The quantitative estimate of drug-likeness (QED) is 0.856. The van der Waals surface area contributed by atoms with Crippen LogP contribution < -0.4 is 14.8 Å². The average Bonchev–Trinajstić information content (AvgIpc) is 2.41. The van der Waals surface area contributed by atoms with Crippen molar-refractivity contribution in [1.82, 2.24) is 10.0 Å². The molecule has 1 aromatic carbocycles. The molecule has 0 aromatic heterocycles. The van der Waals surface area contributed by atoms with E-state index in [0.717, 1.165) is 30.7 Å². The summed E-state index contributed by atoms with van der Waals surface area (Å²) >= 11 is 0. The summed E-state index contributed by atoms with van der Waals surface area (Å²) in [7, 11) is -3.47. The fourth-order valence-corrected chi connectivity index (χ4v) is 3.77. The van der Waals surface area contributed by atoms with Gasteiger partial charge in [-0.25, -0.2) is 13.1 Å². The molecule has 2 N–H and O–H groups in total. The zero-order chi connectivity index (χ0) is 15.5. The first-order valence-corrected chi connectivity index (χ1v) is 8.87. The molecule has 1 atom stereocenters. The Bertz CT molecular complexity index is 584. The number of nitrogens with one attached hydrogen (secondary N) is 2. The van der Waals surface area contributed by atoms with Crippen LogP contribution in [0, 0.1) is 6.92 Å². The molecule has 1 aliphatic heterocycles. The Kier molecular flexibility index (Phi) is 7.12. The minimum Gasteiger partial charge on any atom is -0.491 e. The van der Waals surface area contributed by atoms with Gasteiger partial charge in [0, 0.05) is 12.6 Å². The Hall–Kier alpha value is -0.820. The van der Waals surface area contributed by atoms with E-state index in [1.165, 1.54) is 0 Å². The molecule has 0 radical (unpaired) electrons. The molecule has 1 aliphatic rings. The summed E-state index contributed by atoms with van der Waals surface area (Å²) in [5, 5.41) is 3.20. The first-order chi connectivity index (χ1) is 9.88. The highest BCUT2D eigenvalue weighted by Gasteiger charge is 2.22. The van der Waals surface area contributed by atoms with Gasteiger partial charge in [-0.05, 0) is 63.9 Å². The monoisotopic (exact) mass is 348 g/mol. The van der Waals surface area contributed by atoms with Crippen molar-refractivity contribution in [3.63, 3.8) is 0 Å². The van der Waals surface area contributed by atoms with Crippen molar-refractivity contribution in [2.45, 2.75) is 50.7 Å². The Morgan fingerprint density at radius 1 is 1.36 bits per heavy atom. The Labute approximate surface area is 139 Å². The number of ether oxygens (including phenoxy) is 1. The third-order valence-corrected chi connectivity index (χ3v) is 4.96. The van der Waals surface area contributed by atoms with Crippen LogP contribution in [-0.4, -0.2) is 33.7 Å². The van der Waals surface area contributed by atoms with Gasteiger partial charge in [0.05, 0.1) is 11.0 Å². The van der Waals surface area contributed by atoms with Crippen molar-refractivity contribution in [1.29, 1.82) is 0 Å². The van der Waals surface area contributed by atoms with Gasteiger partial charge in [0.15, 0.2) is 0 Å². The minimum atomic E-state index is -3.47. The van der Waals surface area contributed by atoms with Gasteiger partial charge in [-0.15, -0.1) is 12.4 Å². The van der Waals surface area contributed by atoms with Crippen LogP contribution in [0.5, 0.6) is 5.75 Å². The molecule has 7 heteroatoms. The molecular weight excluding hydrogens is 324 g/mol. The van der Waals surface area contributed by atoms with E-state index in [4.69, 9.17) is 4.74 Å². The molecule has 2 rings (SSSR count). The van der Waals surface area contributed by atoms with Gasteiger partial charge in [0.25, 0.3) is 0 Å². The lowest BCUT2D eigenvalue weighted by molar-refractivity contribution is 0.240. The SMILES string of the molecule is Cc1cc(S(=O)(=O)N[C@@H]2CCCNC2)ccc1OC(C)C.Cl. The molecule has 22 heavy (non-hydrogen) atoms. The van der Waals surface area contributed by atoms with Crippen molar-refractivity contribution < 1.29 is 13.2 Å². The second-order valence-electron chi connectivity index (χ2n) is 5.76. The van der Waals surface area contributed by atoms with Crippen LogP contribution in [0.1, 0.15) is 32.3 Å². The van der Waals surface area contributed by atoms with Gasteiger partial charge < -0.3 is 10.1 Å². The first-order valence-electron chi connectivity index (χ1n) is 7.39. The zero-order valence-electron chi connectivity index (χ0n) is 13.3. The lowest BCUT2D eigenvalue weighted by Gasteiger charge is -2.23. The summed E-state index contributed by atoms with van der Waals surface area (Å²) in [6.45, 7) is 7.40. The van der Waals surface area contributed by atoms with Crippen LogP contribution >= 0.6 is 12.4 Å². The van der Waals surface area contributed by atoms with E-state index in [-0.39, 0.29) is 24.6 Å². The standard InChI is InChI=1S/C15H24N2O3S.ClH/c1-11(2)20-15-7-6-14(9-12(15)3)21(18,19)17-13-5-4-8-16-10-13;/h6-7,9,11,13,16-17H,4-5,8,10H2,1-3H3;1H/t13-;/m1./s1. The second-order valence-corrected chi connectivity index (χ2v) is 7.47. The fraction of sp³-hybridized carbons (Fsp3) is 0.600. The van der Waals surface area contributed by atoms with E-state index in [1.54, 1.807) is 18.2 Å². The summed E-state index contributed by atoms with van der Waals surface area (Å²) < 4.78 is 33.2. The zero-order valence-corrected chi connectivity index (χ0v) is 14.9. The lowest BCUT2D eigenvalue weighted by Crippen LogP contribution is -2.45. The van der Waals surface area contributed by atoms with Crippen molar-refractivity contribution in [2.24, 2.45) is 0 Å². The third kappa shape index (κ3) is 5.12. The summed E-state index contributed by atoms with van der Waals surface area (Å²) in [6.07, 6.45) is 1.94. The predicted octanol–water partition coefficient (Wildman–Crippen LogP) is 2.23. The van der Waals surface area contributed by atoms with E-state index < -0.39 is 10.0 Å². The highest BCUT2D eigenvalue weighted by atomic mass is 35.5. The molecule has 1 saturated heterocycles. The molecule has 0 amide bonds. The second kappa shape index (κ2) is 8.15. The van der Waals surface area contributed by atoms with E-state index in [9.17, 15) is 8.42 Å². The van der Waals surface area contributed by atoms with Crippen LogP contribution in [0.15, 0.2) is 23.1 Å². The van der Waals surface area contributed by atoms with Gasteiger partial charge in [-0.3, -0.25) is 0 Å². The van der Waals surface area contributed by atoms with Crippen LogP contribution in [-0.2, 0) is 10.0 Å². The predicted molar refractivity (Wildman–Crippen MR) is 90.4 cm³/mol. The number of halogens is 1. The molecule has 0 aliphatic carbocycles. The molecule has 5 nitrogen and oxygen atoms in total. The molecular formula is C15H25ClN2O3S. The van der Waals surface area contributed by atoms with Crippen LogP contribution in [0.25, 0.3) is 0 Å². The van der Waals surface area contributed by atoms with Crippen molar-refractivity contribution in [3.05, 3.63) is 23.8 Å². The maximum Gasteiger partial charge on any atom is 0.240 e. The number of rotatable bonds is 5. The Morgan fingerprint density at radius 2 is 2.09 bits per heavy atom. The van der Waals surface area contributed by atoms with Crippen molar-refractivity contribution in [3.8, 4) is 5.75 Å². The van der Waals surface area contributed by atoms with Crippen molar-refractivity contribution >= 4 is 22.4 Å². The summed E-state index contributed by atoms with van der Waals surface area (Å²) in [5.74, 6) is 0.725. The van der Waals surface area contributed by atoms with Gasteiger partial charge in [-0.1, -0.05) is 0 Å². The molecule has 1 aromatic rings. The minimum absolute atomic E-state index is 0. The van der Waals surface area contributed by atoms with Crippen molar-refractivity contribution in [2.75, 3.05) is 13.1 Å². The molecule has 1 heterocycles. The summed E-state index contributed by atoms with van der Waals surface area (Å²) in [5.41, 5.74) is 0.827. The number of hydrogen-bond donors (Lipinski definition) is 2. The van der Waals surface area contributed by atoms with Crippen LogP contribution in [0.4, 0.5) is 0 Å². The van der Waals surface area contributed by atoms with Crippen LogP contribution in [0.3, 0.4) is 0 Å². The normalized spacial score (nSPS) is 18.8. The van der Waals surface area contributed by atoms with Gasteiger partial charge >= 0.3 is 0 Å². The van der Waals surface area contributed by atoms with E-state index >= 15 is 0 Å². The largest absolute Gasteiger partial charge is 0.491 e. The average molecular weight is 349 g/mol. The molecule has 126 valence electrons. The molecule has 0 unspecified atom stereocenters. The number of aryl methyl sites for hydroxylation is 1. The first kappa shape index (κ1) is 19.2. The highest BCUT2D eigenvalue weighted by molar-refractivity contribution is 7.89. The summed E-state index contributed by atoms with van der Waals surface area (Å²) in [6, 6.07) is 4.96. The highest BCUT2D eigenvalue weighted by Crippen LogP contribution is 2.23. The summed E-state index contributed by atoms with van der Waals surface area (Å²) in [4.78, 5) is 0.293. The van der Waals surface area contributed by atoms with Crippen LogP contribution in [0.2, 0.25) is 0 Å². The number of sulfonamides is 1. The van der Waals surface area contributed by atoms with Gasteiger partial charge in [-0.2, -0.15) is 0 Å². The molecule has 0 bridgehead atoms. The maximum atomic E-state index is 12.4. The number of piperidine rings is 1. The smallest absolute Gasteiger partial charge is 0.240 e. The third-order valence-electron chi connectivity index (χ3n) is 3.44.